The van der Waals surface area contributed by atoms with Crippen LogP contribution in [0.25, 0.3) is 0 Å². The van der Waals surface area contributed by atoms with E-state index < -0.39 is 5.91 Å². The summed E-state index contributed by atoms with van der Waals surface area (Å²) in [6.07, 6.45) is 1.19. The highest BCUT2D eigenvalue weighted by molar-refractivity contribution is 9.10. The van der Waals surface area contributed by atoms with Crippen LogP contribution in [0.5, 0.6) is 0 Å². The largest absolute Gasteiger partial charge is 0.366 e. The number of rotatable bonds is 2. The van der Waals surface area contributed by atoms with Gasteiger partial charge in [-0.2, -0.15) is 0 Å². The number of hydrogen-bond acceptors (Lipinski definition) is 3. The van der Waals surface area contributed by atoms with Gasteiger partial charge < -0.3 is 10.6 Å². The molecule has 1 aliphatic carbocycles. The second kappa shape index (κ2) is 5.55. The quantitative estimate of drug-likeness (QED) is 0.842. The molecule has 0 saturated heterocycles. The van der Waals surface area contributed by atoms with E-state index in [4.69, 9.17) is 5.73 Å². The number of primary amides is 1. The molecule has 2 aliphatic rings. The third kappa shape index (κ3) is 2.59. The minimum absolute atomic E-state index is 0.0532. The van der Waals surface area contributed by atoms with Gasteiger partial charge >= 0.3 is 0 Å². The van der Waals surface area contributed by atoms with Crippen LogP contribution in [0, 0.1) is 5.41 Å². The maximum atomic E-state index is 12.8. The van der Waals surface area contributed by atoms with Crippen molar-refractivity contribution in [3.05, 3.63) is 39.4 Å². The maximum Gasteiger partial charge on any atom is 0.254 e. The Hall–Kier alpha value is -1.95. The number of amides is 2. The molecule has 1 aliphatic heterocycles. The summed E-state index contributed by atoms with van der Waals surface area (Å²) in [6, 6.07) is 4.75. The zero-order valence-corrected chi connectivity index (χ0v) is 15.4. The Bertz CT molecular complexity index is 810. The Morgan fingerprint density at radius 2 is 2.00 bits per heavy atom. The first kappa shape index (κ1) is 16.9. The minimum Gasteiger partial charge on any atom is -0.366 e. The predicted molar refractivity (Wildman–Crippen MR) is 94.7 cm³/mol. The number of halogens is 1. The molecule has 2 amide bonds. The highest BCUT2D eigenvalue weighted by Crippen LogP contribution is 2.44. The normalized spacial score (nSPS) is 22.8. The van der Waals surface area contributed by atoms with Gasteiger partial charge in [0.15, 0.2) is 5.78 Å². The van der Waals surface area contributed by atoms with Gasteiger partial charge in [-0.25, -0.2) is 0 Å². The highest BCUT2D eigenvalue weighted by Gasteiger charge is 2.47. The number of fused-ring (bicyclic) bond motifs is 1. The standard InChI is InChI=1S/C18H19BrN2O3/c1-9-15-13(7-18(2,3)8-14(15)22)21(17(9)24)10-4-5-11(16(20)23)12(19)6-10/h4-6,13H,7-8H2,1-3H3,(H2,20,23). The van der Waals surface area contributed by atoms with Crippen molar-refractivity contribution >= 4 is 39.2 Å². The third-order valence-corrected chi connectivity index (χ3v) is 5.43. The van der Waals surface area contributed by atoms with Gasteiger partial charge in [-0.05, 0) is 52.9 Å². The maximum absolute atomic E-state index is 12.8. The first-order chi connectivity index (χ1) is 11.1. The Balaban J connectivity index is 2.06. The number of Topliss-reactive ketones (excluding diaryl/α,β-unsaturated/α-hetero) is 1. The molecule has 2 N–H and O–H groups in total. The summed E-state index contributed by atoms with van der Waals surface area (Å²) in [7, 11) is 0. The number of carbonyl (C=O) groups excluding carboxylic acids is 3. The zero-order valence-electron chi connectivity index (χ0n) is 13.9. The third-order valence-electron chi connectivity index (χ3n) is 4.77. The lowest BCUT2D eigenvalue weighted by atomic mass is 9.72. The number of ketones is 1. The van der Waals surface area contributed by atoms with Crippen LogP contribution in [-0.2, 0) is 9.59 Å². The van der Waals surface area contributed by atoms with Crippen molar-refractivity contribution in [3.63, 3.8) is 0 Å². The van der Waals surface area contributed by atoms with E-state index in [1.807, 2.05) is 13.8 Å². The fraction of sp³-hybridized carbons (Fsp3) is 0.389. The lowest BCUT2D eigenvalue weighted by Crippen LogP contribution is -2.43. The van der Waals surface area contributed by atoms with Crippen molar-refractivity contribution in [2.75, 3.05) is 4.90 Å². The molecule has 1 unspecified atom stereocenters. The molecule has 5 nitrogen and oxygen atoms in total. The molecule has 0 aromatic heterocycles. The summed E-state index contributed by atoms with van der Waals surface area (Å²) in [5, 5.41) is 0. The highest BCUT2D eigenvalue weighted by atomic mass is 79.9. The Labute approximate surface area is 149 Å². The van der Waals surface area contributed by atoms with Crippen molar-refractivity contribution < 1.29 is 14.4 Å². The fourth-order valence-electron chi connectivity index (χ4n) is 3.68. The lowest BCUT2D eigenvalue weighted by Gasteiger charge is -2.38. The fourth-order valence-corrected chi connectivity index (χ4v) is 4.24. The zero-order chi connectivity index (χ0) is 17.8. The van der Waals surface area contributed by atoms with E-state index in [1.54, 1.807) is 30.0 Å². The van der Waals surface area contributed by atoms with Gasteiger partial charge in [-0.1, -0.05) is 13.8 Å². The van der Waals surface area contributed by atoms with E-state index >= 15 is 0 Å². The van der Waals surface area contributed by atoms with E-state index in [1.165, 1.54) is 0 Å². The van der Waals surface area contributed by atoms with Gasteiger partial charge in [0.1, 0.15) is 0 Å². The van der Waals surface area contributed by atoms with E-state index in [9.17, 15) is 14.4 Å². The first-order valence-electron chi connectivity index (χ1n) is 7.79. The molecule has 1 saturated carbocycles. The van der Waals surface area contributed by atoms with Crippen LogP contribution in [0.4, 0.5) is 5.69 Å². The van der Waals surface area contributed by atoms with Crippen molar-refractivity contribution in [3.8, 4) is 0 Å². The van der Waals surface area contributed by atoms with Gasteiger partial charge in [-0.15, -0.1) is 0 Å². The summed E-state index contributed by atoms with van der Waals surface area (Å²) < 4.78 is 0.535. The van der Waals surface area contributed by atoms with Crippen LogP contribution < -0.4 is 10.6 Å². The molecule has 1 atom stereocenters. The second-order valence-electron chi connectivity index (χ2n) is 7.23. The van der Waals surface area contributed by atoms with E-state index in [-0.39, 0.29) is 23.1 Å². The van der Waals surface area contributed by atoms with E-state index in [0.29, 0.717) is 33.3 Å². The monoisotopic (exact) mass is 390 g/mol. The van der Waals surface area contributed by atoms with Gasteiger partial charge in [0.25, 0.3) is 5.91 Å². The molecule has 126 valence electrons. The molecular formula is C18H19BrN2O3. The average molecular weight is 391 g/mol. The number of anilines is 1. The van der Waals surface area contributed by atoms with Crippen LogP contribution >= 0.6 is 15.9 Å². The number of hydrogen-bond donors (Lipinski definition) is 1. The topological polar surface area (TPSA) is 80.5 Å². The minimum atomic E-state index is -0.537. The molecule has 1 heterocycles. The van der Waals surface area contributed by atoms with Crippen LogP contribution in [0.2, 0.25) is 0 Å². The van der Waals surface area contributed by atoms with Crippen molar-refractivity contribution in [2.24, 2.45) is 11.1 Å². The van der Waals surface area contributed by atoms with Gasteiger partial charge in [0.2, 0.25) is 5.91 Å². The molecule has 1 aromatic carbocycles. The Morgan fingerprint density at radius 1 is 1.33 bits per heavy atom. The number of benzene rings is 1. The van der Waals surface area contributed by atoms with Crippen molar-refractivity contribution in [1.29, 1.82) is 0 Å². The Kier molecular flexibility index (Phi) is 3.91. The number of nitrogens with zero attached hydrogens (tertiary/aromatic N) is 1. The lowest BCUT2D eigenvalue weighted by molar-refractivity contribution is -0.119. The molecule has 0 spiro atoms. The van der Waals surface area contributed by atoms with Gasteiger partial charge in [-0.3, -0.25) is 14.4 Å². The SMILES string of the molecule is CC1=C2C(=O)CC(C)(C)CC2N(c2ccc(C(N)=O)c(Br)c2)C1=O. The van der Waals surface area contributed by atoms with Crippen LogP contribution in [0.3, 0.4) is 0 Å². The smallest absolute Gasteiger partial charge is 0.254 e. The van der Waals surface area contributed by atoms with Crippen molar-refractivity contribution in [2.45, 2.75) is 39.7 Å². The molecule has 1 fully saturated rings. The molecule has 6 heteroatoms. The van der Waals surface area contributed by atoms with E-state index in [2.05, 4.69) is 15.9 Å². The summed E-state index contributed by atoms with van der Waals surface area (Å²) >= 11 is 3.33. The first-order valence-corrected chi connectivity index (χ1v) is 8.58. The average Bonchev–Trinajstić information content (AvgIpc) is 2.68. The van der Waals surface area contributed by atoms with Gasteiger partial charge in [0.05, 0.1) is 11.6 Å². The number of nitrogens with two attached hydrogens (primary N) is 1. The van der Waals surface area contributed by atoms with Crippen LogP contribution in [0.1, 0.15) is 44.0 Å². The molecule has 0 radical (unpaired) electrons. The molecule has 24 heavy (non-hydrogen) atoms. The van der Waals surface area contributed by atoms with Crippen LogP contribution in [-0.4, -0.2) is 23.6 Å². The summed E-state index contributed by atoms with van der Waals surface area (Å²) in [5.41, 5.74) is 7.34. The molecular weight excluding hydrogens is 372 g/mol. The summed E-state index contributed by atoms with van der Waals surface area (Å²) in [6.45, 7) is 5.81. The molecule has 0 bridgehead atoms. The second-order valence-corrected chi connectivity index (χ2v) is 8.08. The van der Waals surface area contributed by atoms with Gasteiger partial charge in [0, 0.05) is 27.7 Å². The summed E-state index contributed by atoms with van der Waals surface area (Å²) in [5.74, 6) is -0.637. The number of carbonyl (C=O) groups is 3. The summed E-state index contributed by atoms with van der Waals surface area (Å²) in [4.78, 5) is 38.3. The van der Waals surface area contributed by atoms with Crippen molar-refractivity contribution in [1.82, 2.24) is 0 Å². The molecule has 3 rings (SSSR count). The predicted octanol–water partition coefficient (Wildman–Crippen LogP) is 2.97. The van der Waals surface area contributed by atoms with E-state index in [0.717, 1.165) is 6.42 Å². The molecule has 1 aromatic rings. The van der Waals surface area contributed by atoms with Crippen LogP contribution in [0.15, 0.2) is 33.8 Å². The Morgan fingerprint density at radius 3 is 2.58 bits per heavy atom.